The van der Waals surface area contributed by atoms with Gasteiger partial charge in [-0.15, -0.1) is 0 Å². The van der Waals surface area contributed by atoms with Gasteiger partial charge >= 0.3 is 0 Å². The van der Waals surface area contributed by atoms with Gasteiger partial charge in [0.25, 0.3) is 5.56 Å². The lowest BCUT2D eigenvalue weighted by atomic mass is 9.98. The zero-order valence-corrected chi connectivity index (χ0v) is 15.1. The Kier molecular flexibility index (Phi) is 6.69. The van der Waals surface area contributed by atoms with Crippen LogP contribution < -0.4 is 16.2 Å². The van der Waals surface area contributed by atoms with E-state index in [-0.39, 0.29) is 30.0 Å². The molecule has 1 fully saturated rings. The summed E-state index contributed by atoms with van der Waals surface area (Å²) in [6.45, 7) is 5.55. The van der Waals surface area contributed by atoms with Gasteiger partial charge in [-0.1, -0.05) is 13.3 Å². The van der Waals surface area contributed by atoms with Crippen LogP contribution in [0.4, 0.5) is 0 Å². The molecule has 0 spiro atoms. The van der Waals surface area contributed by atoms with E-state index in [1.54, 1.807) is 20.0 Å². The van der Waals surface area contributed by atoms with Gasteiger partial charge in [-0.3, -0.25) is 19.3 Å². The largest absolute Gasteiger partial charge is 0.358 e. The molecular weight excluding hydrogens is 322 g/mol. The second-order valence-electron chi connectivity index (χ2n) is 6.56. The number of likely N-dealkylation sites (N-methyl/N-ethyl adjacent to an activating group) is 1. The van der Waals surface area contributed by atoms with Crippen LogP contribution >= 0.6 is 0 Å². The molecule has 1 saturated heterocycles. The van der Waals surface area contributed by atoms with E-state index in [9.17, 15) is 14.4 Å². The topological polar surface area (TPSA) is 96.3 Å². The summed E-state index contributed by atoms with van der Waals surface area (Å²) >= 11 is 0. The van der Waals surface area contributed by atoms with Gasteiger partial charge in [0.1, 0.15) is 6.54 Å². The van der Waals surface area contributed by atoms with Gasteiger partial charge in [0, 0.05) is 32.2 Å². The highest BCUT2D eigenvalue weighted by molar-refractivity contribution is 5.78. The second-order valence-corrected chi connectivity index (χ2v) is 6.56. The summed E-state index contributed by atoms with van der Waals surface area (Å²) in [7, 11) is 1.62. The molecule has 25 heavy (non-hydrogen) atoms. The van der Waals surface area contributed by atoms with Crippen LogP contribution in [0.15, 0.2) is 16.9 Å². The molecule has 1 aliphatic heterocycles. The van der Waals surface area contributed by atoms with Gasteiger partial charge < -0.3 is 10.6 Å². The predicted octanol–water partition coefficient (Wildman–Crippen LogP) is -0.486. The van der Waals surface area contributed by atoms with Crippen LogP contribution in [0.5, 0.6) is 0 Å². The van der Waals surface area contributed by atoms with Crippen molar-refractivity contribution in [2.24, 2.45) is 5.92 Å². The van der Waals surface area contributed by atoms with Crippen molar-refractivity contribution in [2.45, 2.75) is 39.3 Å². The predicted molar refractivity (Wildman–Crippen MR) is 94.1 cm³/mol. The minimum Gasteiger partial charge on any atom is -0.358 e. The maximum Gasteiger partial charge on any atom is 0.267 e. The third-order valence-electron chi connectivity index (χ3n) is 4.46. The number of aromatic nitrogens is 2. The lowest BCUT2D eigenvalue weighted by Gasteiger charge is -2.19. The number of hydrogen-bond donors (Lipinski definition) is 2. The lowest BCUT2D eigenvalue weighted by Crippen LogP contribution is -2.44. The Morgan fingerprint density at radius 3 is 2.68 bits per heavy atom. The number of hydrogen-bond acceptors (Lipinski definition) is 5. The first-order valence-corrected chi connectivity index (χ1v) is 8.70. The summed E-state index contributed by atoms with van der Waals surface area (Å²) in [4.78, 5) is 37.8. The number of nitrogens with zero attached hydrogens (tertiary/aromatic N) is 3. The normalized spacial score (nSPS) is 20.4. The van der Waals surface area contributed by atoms with E-state index in [0.29, 0.717) is 24.7 Å². The molecule has 2 atom stereocenters. The number of nitrogens with one attached hydrogen (secondary N) is 2. The first-order valence-electron chi connectivity index (χ1n) is 8.70. The maximum absolute atomic E-state index is 12.4. The number of rotatable bonds is 7. The molecular formula is C17H27N5O3. The summed E-state index contributed by atoms with van der Waals surface area (Å²) in [5.74, 6) is 0.0478. The van der Waals surface area contributed by atoms with E-state index >= 15 is 0 Å². The fourth-order valence-corrected chi connectivity index (χ4v) is 3.25. The summed E-state index contributed by atoms with van der Waals surface area (Å²) in [6.07, 6.45) is 2.00. The highest BCUT2D eigenvalue weighted by Crippen LogP contribution is 2.21. The van der Waals surface area contributed by atoms with Crippen molar-refractivity contribution in [1.82, 2.24) is 25.3 Å². The maximum atomic E-state index is 12.4. The fraction of sp³-hybridized carbons (Fsp3) is 0.647. The molecule has 1 aromatic heterocycles. The minimum atomic E-state index is -0.293. The average Bonchev–Trinajstić information content (AvgIpc) is 2.92. The number of carbonyl (C=O) groups excluding carboxylic acids is 2. The zero-order chi connectivity index (χ0) is 18.4. The highest BCUT2D eigenvalue weighted by Gasteiger charge is 2.33. The van der Waals surface area contributed by atoms with E-state index in [1.807, 2.05) is 0 Å². The summed E-state index contributed by atoms with van der Waals surface area (Å²) in [6, 6.07) is 3.02. The third-order valence-corrected chi connectivity index (χ3v) is 4.46. The van der Waals surface area contributed by atoms with E-state index < -0.39 is 0 Å². The van der Waals surface area contributed by atoms with Gasteiger partial charge in [-0.2, -0.15) is 5.10 Å². The van der Waals surface area contributed by atoms with Crippen LogP contribution in [-0.4, -0.2) is 59.2 Å². The molecule has 0 bridgehead atoms. The Balaban J connectivity index is 1.98. The standard InChI is InChI=1S/C17H27N5O3/c1-4-5-13-8-21(10-15(23)18-3)9-14(13)19-16(24)11-22-17(25)7-6-12(2)20-22/h6-7,13-14H,4-5,8-11H2,1-3H3,(H,18,23)(H,19,24)/t13-,14-/m0/s1. The second kappa shape index (κ2) is 8.75. The molecule has 2 amide bonds. The summed E-state index contributed by atoms with van der Waals surface area (Å²) < 4.78 is 1.18. The number of likely N-dealkylation sites (tertiary alicyclic amines) is 1. The lowest BCUT2D eigenvalue weighted by molar-refractivity contribution is -0.122. The summed E-state index contributed by atoms with van der Waals surface area (Å²) in [5, 5.41) is 9.73. The van der Waals surface area contributed by atoms with E-state index in [0.717, 1.165) is 19.4 Å². The van der Waals surface area contributed by atoms with Gasteiger partial charge in [-0.05, 0) is 25.3 Å². The Hall–Kier alpha value is -2.22. The Morgan fingerprint density at radius 2 is 2.00 bits per heavy atom. The van der Waals surface area contributed by atoms with Crippen molar-refractivity contribution in [1.29, 1.82) is 0 Å². The van der Waals surface area contributed by atoms with E-state index in [4.69, 9.17) is 0 Å². The van der Waals surface area contributed by atoms with Gasteiger partial charge in [0.05, 0.1) is 12.2 Å². The van der Waals surface area contributed by atoms with Crippen molar-refractivity contribution in [3.63, 3.8) is 0 Å². The SMILES string of the molecule is CCC[C@H]1CN(CC(=O)NC)C[C@@H]1NC(=O)Cn1nc(C)ccc1=O. The molecule has 0 aromatic carbocycles. The van der Waals surface area contributed by atoms with Crippen LogP contribution in [0.2, 0.25) is 0 Å². The van der Waals surface area contributed by atoms with Crippen molar-refractivity contribution in [3.05, 3.63) is 28.2 Å². The molecule has 2 heterocycles. The summed E-state index contributed by atoms with van der Waals surface area (Å²) in [5.41, 5.74) is 0.396. The fourth-order valence-electron chi connectivity index (χ4n) is 3.25. The first kappa shape index (κ1) is 19.1. The molecule has 1 aromatic rings. The Labute approximate surface area is 147 Å². The van der Waals surface area contributed by atoms with Crippen molar-refractivity contribution >= 4 is 11.8 Å². The average molecular weight is 349 g/mol. The molecule has 2 N–H and O–H groups in total. The molecule has 0 saturated carbocycles. The molecule has 8 nitrogen and oxygen atoms in total. The van der Waals surface area contributed by atoms with E-state index in [1.165, 1.54) is 10.7 Å². The molecule has 138 valence electrons. The number of amides is 2. The number of aryl methyl sites for hydroxylation is 1. The third kappa shape index (κ3) is 5.38. The quantitative estimate of drug-likeness (QED) is 0.693. The highest BCUT2D eigenvalue weighted by atomic mass is 16.2. The van der Waals surface area contributed by atoms with Crippen LogP contribution in [0.1, 0.15) is 25.5 Å². The smallest absolute Gasteiger partial charge is 0.267 e. The molecule has 8 heteroatoms. The Morgan fingerprint density at radius 1 is 1.24 bits per heavy atom. The van der Waals surface area contributed by atoms with Crippen LogP contribution in [0.3, 0.4) is 0 Å². The first-order chi connectivity index (χ1) is 11.9. The van der Waals surface area contributed by atoms with Gasteiger partial charge in [0.2, 0.25) is 11.8 Å². The van der Waals surface area contributed by atoms with Gasteiger partial charge in [-0.25, -0.2) is 4.68 Å². The van der Waals surface area contributed by atoms with Crippen LogP contribution in [0.25, 0.3) is 0 Å². The van der Waals surface area contributed by atoms with Crippen molar-refractivity contribution in [2.75, 3.05) is 26.7 Å². The van der Waals surface area contributed by atoms with Crippen molar-refractivity contribution < 1.29 is 9.59 Å². The molecule has 1 aliphatic rings. The molecule has 2 rings (SSSR count). The van der Waals surface area contributed by atoms with Crippen LogP contribution in [-0.2, 0) is 16.1 Å². The van der Waals surface area contributed by atoms with E-state index in [2.05, 4.69) is 27.6 Å². The number of carbonyl (C=O) groups is 2. The minimum absolute atomic E-state index is 0.0161. The van der Waals surface area contributed by atoms with Crippen LogP contribution in [0, 0.1) is 12.8 Å². The zero-order valence-electron chi connectivity index (χ0n) is 15.1. The Bertz CT molecular complexity index is 672. The molecule has 0 unspecified atom stereocenters. The molecule has 0 radical (unpaired) electrons. The molecule has 0 aliphatic carbocycles. The van der Waals surface area contributed by atoms with Crippen molar-refractivity contribution in [3.8, 4) is 0 Å². The van der Waals surface area contributed by atoms with Gasteiger partial charge in [0.15, 0.2) is 0 Å². The monoisotopic (exact) mass is 349 g/mol.